The highest BCUT2D eigenvalue weighted by Gasteiger charge is 2.30. The lowest BCUT2D eigenvalue weighted by atomic mass is 10.0. The molecule has 0 atom stereocenters. The summed E-state index contributed by atoms with van der Waals surface area (Å²) in [5.74, 6) is -1.84. The first-order valence-corrected chi connectivity index (χ1v) is 6.52. The molecule has 1 aliphatic carbocycles. The number of carboxylic acids is 1. The zero-order chi connectivity index (χ0) is 14.8. The van der Waals surface area contributed by atoms with E-state index < -0.39 is 17.8 Å². The predicted molar refractivity (Wildman–Crippen MR) is 72.4 cm³/mol. The Kier molecular flexibility index (Phi) is 3.92. The van der Waals surface area contributed by atoms with Gasteiger partial charge >= 0.3 is 12.0 Å². The van der Waals surface area contributed by atoms with Crippen molar-refractivity contribution in [3.8, 4) is 0 Å². The van der Waals surface area contributed by atoms with Gasteiger partial charge in [0.25, 0.3) is 0 Å². The fourth-order valence-corrected chi connectivity index (χ4v) is 2.46. The second-order valence-corrected chi connectivity index (χ2v) is 5.35. The minimum atomic E-state index is -1.17. The first-order valence-electron chi connectivity index (χ1n) is 6.52. The van der Waals surface area contributed by atoms with E-state index in [0.29, 0.717) is 0 Å². The van der Waals surface area contributed by atoms with Gasteiger partial charge < -0.3 is 15.7 Å². The van der Waals surface area contributed by atoms with Crippen LogP contribution in [0.15, 0.2) is 18.2 Å². The number of benzene rings is 1. The number of anilines is 1. The molecule has 0 bridgehead atoms. The van der Waals surface area contributed by atoms with Crippen LogP contribution in [0.1, 0.15) is 43.0 Å². The summed E-state index contributed by atoms with van der Waals surface area (Å²) < 4.78 is 13.6. The average molecular weight is 280 g/mol. The second kappa shape index (κ2) is 5.48. The van der Waals surface area contributed by atoms with E-state index in [2.05, 4.69) is 10.6 Å². The van der Waals surface area contributed by atoms with Crippen molar-refractivity contribution in [2.45, 2.75) is 38.1 Å². The van der Waals surface area contributed by atoms with Crippen LogP contribution >= 0.6 is 0 Å². The zero-order valence-corrected chi connectivity index (χ0v) is 11.2. The van der Waals surface area contributed by atoms with E-state index in [9.17, 15) is 14.0 Å². The van der Waals surface area contributed by atoms with Crippen LogP contribution < -0.4 is 10.6 Å². The molecule has 3 N–H and O–H groups in total. The SMILES string of the molecule is CC1(NC(=O)Nc2cc(C(=O)O)ccc2F)CCCC1. The summed E-state index contributed by atoms with van der Waals surface area (Å²) in [4.78, 5) is 22.7. The van der Waals surface area contributed by atoms with Crippen molar-refractivity contribution < 1.29 is 19.1 Å². The van der Waals surface area contributed by atoms with E-state index in [4.69, 9.17) is 5.11 Å². The summed E-state index contributed by atoms with van der Waals surface area (Å²) in [6.07, 6.45) is 3.88. The van der Waals surface area contributed by atoms with E-state index >= 15 is 0 Å². The fourth-order valence-electron chi connectivity index (χ4n) is 2.46. The topological polar surface area (TPSA) is 78.4 Å². The van der Waals surface area contributed by atoms with Crippen LogP contribution in [0.3, 0.4) is 0 Å². The average Bonchev–Trinajstić information content (AvgIpc) is 2.78. The van der Waals surface area contributed by atoms with E-state index in [1.165, 1.54) is 0 Å². The van der Waals surface area contributed by atoms with Crippen LogP contribution in [0.2, 0.25) is 0 Å². The predicted octanol–water partition coefficient (Wildman–Crippen LogP) is 2.98. The fraction of sp³-hybridized carbons (Fsp3) is 0.429. The highest BCUT2D eigenvalue weighted by Crippen LogP contribution is 2.29. The number of halogens is 1. The van der Waals surface area contributed by atoms with Crippen LogP contribution in [0, 0.1) is 5.82 Å². The maximum atomic E-state index is 13.6. The summed E-state index contributed by atoms with van der Waals surface area (Å²) >= 11 is 0. The van der Waals surface area contributed by atoms with Crippen molar-refractivity contribution >= 4 is 17.7 Å². The van der Waals surface area contributed by atoms with E-state index in [-0.39, 0.29) is 16.8 Å². The zero-order valence-electron chi connectivity index (χ0n) is 11.2. The standard InChI is InChI=1S/C14H17FN2O3/c1-14(6-2-3-7-14)17-13(20)16-11-8-9(12(18)19)4-5-10(11)15/h4-5,8H,2-3,6-7H2,1H3,(H,18,19)(H2,16,17,20). The Morgan fingerprint density at radius 1 is 1.30 bits per heavy atom. The van der Waals surface area contributed by atoms with Crippen molar-refractivity contribution in [2.24, 2.45) is 0 Å². The summed E-state index contributed by atoms with van der Waals surface area (Å²) in [7, 11) is 0. The summed E-state index contributed by atoms with van der Waals surface area (Å²) in [6, 6.07) is 2.76. The number of rotatable bonds is 3. The summed E-state index contributed by atoms with van der Waals surface area (Å²) in [6.45, 7) is 1.95. The molecular weight excluding hydrogens is 263 g/mol. The van der Waals surface area contributed by atoms with Crippen LogP contribution in [-0.2, 0) is 0 Å². The van der Waals surface area contributed by atoms with Gasteiger partial charge in [0.15, 0.2) is 0 Å². The first kappa shape index (κ1) is 14.3. The Bertz CT molecular complexity index is 539. The Morgan fingerprint density at radius 2 is 1.95 bits per heavy atom. The number of nitrogens with one attached hydrogen (secondary N) is 2. The van der Waals surface area contributed by atoms with Gasteiger partial charge in [0, 0.05) is 5.54 Å². The number of aromatic carboxylic acids is 1. The molecule has 2 amide bonds. The molecule has 0 radical (unpaired) electrons. The lowest BCUT2D eigenvalue weighted by molar-refractivity contribution is 0.0697. The van der Waals surface area contributed by atoms with Crippen molar-refractivity contribution in [2.75, 3.05) is 5.32 Å². The third kappa shape index (κ3) is 3.26. The molecule has 20 heavy (non-hydrogen) atoms. The Hall–Kier alpha value is -2.11. The van der Waals surface area contributed by atoms with Gasteiger partial charge in [-0.25, -0.2) is 14.0 Å². The second-order valence-electron chi connectivity index (χ2n) is 5.35. The van der Waals surface area contributed by atoms with E-state index in [1.54, 1.807) is 0 Å². The molecule has 1 saturated carbocycles. The van der Waals surface area contributed by atoms with Gasteiger partial charge in [-0.05, 0) is 38.0 Å². The first-order chi connectivity index (χ1) is 9.39. The Morgan fingerprint density at radius 3 is 2.55 bits per heavy atom. The molecule has 2 rings (SSSR count). The van der Waals surface area contributed by atoms with Crippen LogP contribution in [0.5, 0.6) is 0 Å². The maximum Gasteiger partial charge on any atom is 0.335 e. The Labute approximate surface area is 116 Å². The normalized spacial score (nSPS) is 16.7. The van der Waals surface area contributed by atoms with Crippen LogP contribution in [-0.4, -0.2) is 22.6 Å². The van der Waals surface area contributed by atoms with Gasteiger partial charge in [0.2, 0.25) is 0 Å². The minimum Gasteiger partial charge on any atom is -0.478 e. The molecule has 108 valence electrons. The number of hydrogen-bond acceptors (Lipinski definition) is 2. The van der Waals surface area contributed by atoms with E-state index in [1.807, 2.05) is 6.92 Å². The van der Waals surface area contributed by atoms with Crippen LogP contribution in [0.25, 0.3) is 0 Å². The largest absolute Gasteiger partial charge is 0.478 e. The number of amides is 2. The summed E-state index contributed by atoms with van der Waals surface area (Å²) in [5, 5.41) is 14.0. The molecule has 6 heteroatoms. The maximum absolute atomic E-state index is 13.6. The van der Waals surface area contributed by atoms with Crippen molar-refractivity contribution in [3.05, 3.63) is 29.6 Å². The number of carboxylic acid groups (broad SMARTS) is 1. The minimum absolute atomic E-state index is 0.0752. The van der Waals surface area contributed by atoms with Gasteiger partial charge in [0.1, 0.15) is 5.82 Å². The van der Waals surface area contributed by atoms with Crippen molar-refractivity contribution in [1.29, 1.82) is 0 Å². The molecule has 0 saturated heterocycles. The molecule has 0 spiro atoms. The number of carbonyl (C=O) groups excluding carboxylic acids is 1. The number of hydrogen-bond donors (Lipinski definition) is 3. The molecule has 1 aliphatic rings. The molecule has 1 fully saturated rings. The summed E-state index contributed by atoms with van der Waals surface area (Å²) in [5.41, 5.74) is -0.483. The molecule has 0 heterocycles. The van der Waals surface area contributed by atoms with E-state index in [0.717, 1.165) is 43.9 Å². The van der Waals surface area contributed by atoms with Crippen molar-refractivity contribution in [3.63, 3.8) is 0 Å². The van der Waals surface area contributed by atoms with Gasteiger partial charge in [0.05, 0.1) is 11.3 Å². The lowest BCUT2D eigenvalue weighted by Crippen LogP contribution is -2.45. The molecule has 5 nitrogen and oxygen atoms in total. The van der Waals surface area contributed by atoms with Gasteiger partial charge in [-0.15, -0.1) is 0 Å². The number of carbonyl (C=O) groups is 2. The molecule has 0 aliphatic heterocycles. The Balaban J connectivity index is 2.07. The molecule has 0 aromatic heterocycles. The molecule has 1 aromatic carbocycles. The van der Waals surface area contributed by atoms with Gasteiger partial charge in [-0.3, -0.25) is 0 Å². The van der Waals surface area contributed by atoms with Gasteiger partial charge in [-0.1, -0.05) is 12.8 Å². The molecular formula is C14H17FN2O3. The smallest absolute Gasteiger partial charge is 0.335 e. The molecule has 1 aromatic rings. The highest BCUT2D eigenvalue weighted by atomic mass is 19.1. The van der Waals surface area contributed by atoms with Crippen LogP contribution in [0.4, 0.5) is 14.9 Å². The lowest BCUT2D eigenvalue weighted by Gasteiger charge is -2.25. The van der Waals surface area contributed by atoms with Gasteiger partial charge in [-0.2, -0.15) is 0 Å². The quantitative estimate of drug-likeness (QED) is 0.796. The highest BCUT2D eigenvalue weighted by molar-refractivity contribution is 5.93. The monoisotopic (exact) mass is 280 g/mol. The third-order valence-corrected chi connectivity index (χ3v) is 3.58. The van der Waals surface area contributed by atoms with Crippen molar-refractivity contribution in [1.82, 2.24) is 5.32 Å². The third-order valence-electron chi connectivity index (χ3n) is 3.58. The molecule has 0 unspecified atom stereocenters. The number of urea groups is 1.